The first-order valence-corrected chi connectivity index (χ1v) is 9.27. The average molecular weight is 365 g/mol. The Balaban J connectivity index is 1.55. The standard InChI is InChI=1S/C20H23N5O2/c1-12-9-17(24-20(21-2)22-12)13-3-5-14(6-4-13)19(27)25-10-15-7-8-16(11-25)23-18(15)26/h3-6,9,15-16H,7-8,10-11H2,1-2H3,(H,23,26)(H,21,22,24)/t15-,16+/m1/s1. The molecule has 3 fully saturated rings. The van der Waals surface area contributed by atoms with Crippen LogP contribution in [0.2, 0.25) is 0 Å². The van der Waals surface area contributed by atoms with Crippen LogP contribution in [0, 0.1) is 12.8 Å². The van der Waals surface area contributed by atoms with Gasteiger partial charge in [0.15, 0.2) is 0 Å². The third kappa shape index (κ3) is 3.49. The lowest BCUT2D eigenvalue weighted by Gasteiger charge is -2.23. The molecule has 1 aromatic heterocycles. The summed E-state index contributed by atoms with van der Waals surface area (Å²) < 4.78 is 0. The van der Waals surface area contributed by atoms with E-state index in [1.54, 1.807) is 7.05 Å². The molecule has 1 aromatic carbocycles. The maximum Gasteiger partial charge on any atom is 0.253 e. The maximum atomic E-state index is 12.9. The highest BCUT2D eigenvalue weighted by molar-refractivity contribution is 5.95. The zero-order valence-electron chi connectivity index (χ0n) is 15.5. The Labute approximate surface area is 158 Å². The summed E-state index contributed by atoms with van der Waals surface area (Å²) in [5, 5.41) is 5.97. The molecule has 3 saturated heterocycles. The summed E-state index contributed by atoms with van der Waals surface area (Å²) in [5.74, 6) is 0.541. The van der Waals surface area contributed by atoms with Gasteiger partial charge in [-0.15, -0.1) is 0 Å². The number of benzene rings is 1. The van der Waals surface area contributed by atoms with Crippen LogP contribution < -0.4 is 10.6 Å². The number of aromatic nitrogens is 2. The lowest BCUT2D eigenvalue weighted by atomic mass is 9.96. The SMILES string of the molecule is CNc1nc(C)cc(-c2ccc(C(=O)N3C[C@@H]4CC[C@H](C3)C(=O)N4)cc2)n1. The number of fused-ring (bicyclic) bond motifs is 4. The fraction of sp³-hybridized carbons (Fsp3) is 0.400. The van der Waals surface area contributed by atoms with Gasteiger partial charge in [-0.3, -0.25) is 9.59 Å². The maximum absolute atomic E-state index is 12.9. The highest BCUT2D eigenvalue weighted by atomic mass is 16.2. The van der Waals surface area contributed by atoms with E-state index in [2.05, 4.69) is 20.6 Å². The Hall–Kier alpha value is -2.96. The molecule has 2 aromatic rings. The molecular weight excluding hydrogens is 342 g/mol. The minimum atomic E-state index is -0.0871. The zero-order chi connectivity index (χ0) is 19.0. The third-order valence-electron chi connectivity index (χ3n) is 5.25. The van der Waals surface area contributed by atoms with Crippen molar-refractivity contribution in [2.24, 2.45) is 5.92 Å². The van der Waals surface area contributed by atoms with E-state index in [4.69, 9.17) is 0 Å². The second kappa shape index (κ2) is 6.98. The molecule has 140 valence electrons. The molecule has 0 unspecified atom stereocenters. The molecule has 7 heteroatoms. The zero-order valence-corrected chi connectivity index (χ0v) is 15.5. The van der Waals surface area contributed by atoms with Gasteiger partial charge in [-0.1, -0.05) is 12.1 Å². The minimum Gasteiger partial charge on any atom is -0.357 e. The van der Waals surface area contributed by atoms with Crippen molar-refractivity contribution in [1.82, 2.24) is 20.2 Å². The summed E-state index contributed by atoms with van der Waals surface area (Å²) in [7, 11) is 1.79. The number of aryl methyl sites for hydroxylation is 1. The van der Waals surface area contributed by atoms with Gasteiger partial charge in [0.05, 0.1) is 11.6 Å². The second-order valence-electron chi connectivity index (χ2n) is 7.24. The van der Waals surface area contributed by atoms with E-state index in [1.807, 2.05) is 42.2 Å². The van der Waals surface area contributed by atoms with Gasteiger partial charge in [-0.2, -0.15) is 0 Å². The summed E-state index contributed by atoms with van der Waals surface area (Å²) >= 11 is 0. The van der Waals surface area contributed by atoms with Crippen molar-refractivity contribution in [2.45, 2.75) is 25.8 Å². The van der Waals surface area contributed by atoms with E-state index in [-0.39, 0.29) is 23.8 Å². The molecule has 0 spiro atoms. The van der Waals surface area contributed by atoms with Crippen molar-refractivity contribution in [3.05, 3.63) is 41.6 Å². The monoisotopic (exact) mass is 365 g/mol. The molecule has 3 aliphatic rings. The number of carbonyl (C=O) groups is 2. The summed E-state index contributed by atoms with van der Waals surface area (Å²) in [6, 6.07) is 9.46. The van der Waals surface area contributed by atoms with Gasteiger partial charge in [0.1, 0.15) is 0 Å². The fourth-order valence-corrected chi connectivity index (χ4v) is 3.80. The minimum absolute atomic E-state index is 0.0234. The number of hydrogen-bond acceptors (Lipinski definition) is 5. The molecule has 2 N–H and O–H groups in total. The Morgan fingerprint density at radius 3 is 2.67 bits per heavy atom. The van der Waals surface area contributed by atoms with Crippen molar-refractivity contribution >= 4 is 17.8 Å². The smallest absolute Gasteiger partial charge is 0.253 e. The van der Waals surface area contributed by atoms with E-state index in [9.17, 15) is 9.59 Å². The third-order valence-corrected chi connectivity index (χ3v) is 5.25. The number of piperidine rings is 1. The summed E-state index contributed by atoms with van der Waals surface area (Å²) in [4.78, 5) is 35.5. The number of amides is 2. The van der Waals surface area contributed by atoms with Gasteiger partial charge in [-0.05, 0) is 38.0 Å². The van der Waals surface area contributed by atoms with Crippen molar-refractivity contribution in [1.29, 1.82) is 0 Å². The van der Waals surface area contributed by atoms with E-state index in [1.165, 1.54) is 0 Å². The summed E-state index contributed by atoms with van der Waals surface area (Å²) in [6.07, 6.45) is 1.81. The van der Waals surface area contributed by atoms with Crippen molar-refractivity contribution < 1.29 is 9.59 Å². The predicted octanol–water partition coefficient (Wildman–Crippen LogP) is 1.84. The van der Waals surface area contributed by atoms with Crippen molar-refractivity contribution in [2.75, 3.05) is 25.5 Å². The molecule has 27 heavy (non-hydrogen) atoms. The van der Waals surface area contributed by atoms with Gasteiger partial charge in [0.2, 0.25) is 11.9 Å². The van der Waals surface area contributed by atoms with Gasteiger partial charge in [0, 0.05) is 43.0 Å². The highest BCUT2D eigenvalue weighted by Crippen LogP contribution is 2.25. The molecule has 4 heterocycles. The molecule has 5 rings (SSSR count). The predicted molar refractivity (Wildman–Crippen MR) is 102 cm³/mol. The molecular formula is C20H23N5O2. The van der Waals surface area contributed by atoms with Gasteiger partial charge < -0.3 is 15.5 Å². The molecule has 0 saturated carbocycles. The van der Waals surface area contributed by atoms with Crippen LogP contribution in [-0.2, 0) is 4.79 Å². The molecule has 2 amide bonds. The van der Waals surface area contributed by atoms with Crippen LogP contribution in [0.15, 0.2) is 30.3 Å². The molecule has 7 nitrogen and oxygen atoms in total. The Kier molecular flexibility index (Phi) is 4.51. The highest BCUT2D eigenvalue weighted by Gasteiger charge is 2.36. The quantitative estimate of drug-likeness (QED) is 0.867. The van der Waals surface area contributed by atoms with E-state index in [0.29, 0.717) is 24.6 Å². The molecule has 0 aliphatic carbocycles. The summed E-state index contributed by atoms with van der Waals surface area (Å²) in [5.41, 5.74) is 3.25. The Morgan fingerprint density at radius 2 is 1.96 bits per heavy atom. The van der Waals surface area contributed by atoms with Crippen LogP contribution in [-0.4, -0.2) is 52.9 Å². The topological polar surface area (TPSA) is 87.2 Å². The number of nitrogens with one attached hydrogen (secondary N) is 2. The number of carbonyl (C=O) groups excluding carboxylic acids is 2. The first kappa shape index (κ1) is 17.5. The first-order valence-electron chi connectivity index (χ1n) is 9.27. The lowest BCUT2D eigenvalue weighted by molar-refractivity contribution is -0.126. The Morgan fingerprint density at radius 1 is 1.19 bits per heavy atom. The van der Waals surface area contributed by atoms with Crippen LogP contribution in [0.25, 0.3) is 11.3 Å². The second-order valence-corrected chi connectivity index (χ2v) is 7.24. The van der Waals surface area contributed by atoms with E-state index >= 15 is 0 Å². The summed E-state index contributed by atoms with van der Waals surface area (Å²) in [6.45, 7) is 3.01. The number of nitrogens with zero attached hydrogens (tertiary/aromatic N) is 3. The Bertz CT molecular complexity index is 880. The molecule has 2 atom stereocenters. The van der Waals surface area contributed by atoms with Crippen LogP contribution in [0.1, 0.15) is 28.9 Å². The first-order chi connectivity index (χ1) is 13.0. The number of rotatable bonds is 3. The molecule has 0 radical (unpaired) electrons. The van der Waals surface area contributed by atoms with E-state index in [0.717, 1.165) is 29.8 Å². The molecule has 2 bridgehead atoms. The fourth-order valence-electron chi connectivity index (χ4n) is 3.80. The van der Waals surface area contributed by atoms with Crippen LogP contribution in [0.4, 0.5) is 5.95 Å². The van der Waals surface area contributed by atoms with E-state index < -0.39 is 0 Å². The van der Waals surface area contributed by atoms with Crippen molar-refractivity contribution in [3.63, 3.8) is 0 Å². The normalized spacial score (nSPS) is 21.6. The number of hydrogen-bond donors (Lipinski definition) is 2. The van der Waals surface area contributed by atoms with Gasteiger partial charge in [-0.25, -0.2) is 9.97 Å². The van der Waals surface area contributed by atoms with Crippen LogP contribution in [0.3, 0.4) is 0 Å². The van der Waals surface area contributed by atoms with Crippen LogP contribution in [0.5, 0.6) is 0 Å². The van der Waals surface area contributed by atoms with Gasteiger partial charge in [0.25, 0.3) is 5.91 Å². The van der Waals surface area contributed by atoms with Gasteiger partial charge >= 0.3 is 0 Å². The largest absolute Gasteiger partial charge is 0.357 e. The van der Waals surface area contributed by atoms with Crippen molar-refractivity contribution in [3.8, 4) is 11.3 Å². The lowest BCUT2D eigenvalue weighted by Crippen LogP contribution is -2.43. The molecule has 3 aliphatic heterocycles. The number of anilines is 1. The average Bonchev–Trinajstić information content (AvgIpc) is 2.98. The van der Waals surface area contributed by atoms with Crippen LogP contribution >= 0.6 is 0 Å².